The molecule has 2 aromatic rings. The Morgan fingerprint density at radius 3 is 2.68 bits per heavy atom. The first-order valence-corrected chi connectivity index (χ1v) is 6.24. The summed E-state index contributed by atoms with van der Waals surface area (Å²) in [5.41, 5.74) is 2.34. The Bertz CT molecular complexity index is 585. The number of anilines is 1. The van der Waals surface area contributed by atoms with Crippen molar-refractivity contribution >= 4 is 11.6 Å². The second kappa shape index (κ2) is 4.85. The number of rotatable bonds is 4. The van der Waals surface area contributed by atoms with Crippen LogP contribution >= 0.6 is 0 Å². The van der Waals surface area contributed by atoms with Crippen LogP contribution in [0.4, 0.5) is 5.69 Å². The fraction of sp³-hybridized carbons (Fsp3) is 0.286. The number of hydrogen-bond donors (Lipinski definition) is 2. The maximum atomic E-state index is 11.6. The molecular formula is C14H14N2O3. The molecule has 1 saturated carbocycles. The molecule has 0 atom stereocenters. The Labute approximate surface area is 110 Å². The van der Waals surface area contributed by atoms with E-state index in [9.17, 15) is 4.79 Å². The lowest BCUT2D eigenvalue weighted by molar-refractivity contribution is -0.117. The standard InChI is InChI=1S/C14H14N2O3/c17-8-12-7-13(16-19-12)9-3-5-11(6-4-9)15-14(18)10-1-2-10/h3-7,10,17H,1-2,8H2,(H,15,18). The van der Waals surface area contributed by atoms with Gasteiger partial charge in [0, 0.05) is 23.2 Å². The van der Waals surface area contributed by atoms with Crippen molar-refractivity contribution in [1.82, 2.24) is 5.16 Å². The molecule has 5 heteroatoms. The second-order valence-electron chi connectivity index (χ2n) is 4.68. The zero-order chi connectivity index (χ0) is 13.2. The molecule has 1 heterocycles. The van der Waals surface area contributed by atoms with Crippen LogP contribution in [0.15, 0.2) is 34.9 Å². The van der Waals surface area contributed by atoms with Gasteiger partial charge >= 0.3 is 0 Å². The third kappa shape index (κ3) is 2.66. The normalized spacial score (nSPS) is 14.4. The van der Waals surface area contributed by atoms with E-state index < -0.39 is 0 Å². The van der Waals surface area contributed by atoms with E-state index in [-0.39, 0.29) is 18.4 Å². The SMILES string of the molecule is O=C(Nc1ccc(-c2cc(CO)on2)cc1)C1CC1. The summed E-state index contributed by atoms with van der Waals surface area (Å²) in [6, 6.07) is 9.09. The van der Waals surface area contributed by atoms with E-state index in [4.69, 9.17) is 9.63 Å². The van der Waals surface area contributed by atoms with E-state index in [1.54, 1.807) is 6.07 Å². The fourth-order valence-corrected chi connectivity index (χ4v) is 1.84. The maximum Gasteiger partial charge on any atom is 0.227 e. The highest BCUT2D eigenvalue weighted by Gasteiger charge is 2.29. The van der Waals surface area contributed by atoms with E-state index in [0.717, 1.165) is 24.1 Å². The van der Waals surface area contributed by atoms with Crippen LogP contribution in [0.2, 0.25) is 0 Å². The molecule has 19 heavy (non-hydrogen) atoms. The van der Waals surface area contributed by atoms with E-state index >= 15 is 0 Å². The van der Waals surface area contributed by atoms with Crippen LogP contribution in [0.25, 0.3) is 11.3 Å². The Morgan fingerprint density at radius 1 is 1.37 bits per heavy atom. The number of carbonyl (C=O) groups is 1. The molecule has 3 rings (SSSR count). The Balaban J connectivity index is 1.72. The lowest BCUT2D eigenvalue weighted by Gasteiger charge is -2.04. The zero-order valence-electron chi connectivity index (χ0n) is 10.3. The van der Waals surface area contributed by atoms with E-state index in [0.29, 0.717) is 11.5 Å². The van der Waals surface area contributed by atoms with Crippen molar-refractivity contribution in [1.29, 1.82) is 0 Å². The van der Waals surface area contributed by atoms with Gasteiger partial charge in [0.05, 0.1) is 0 Å². The summed E-state index contributed by atoms with van der Waals surface area (Å²) in [5, 5.41) is 15.7. The predicted molar refractivity (Wildman–Crippen MR) is 69.2 cm³/mol. The van der Waals surface area contributed by atoms with E-state index in [1.807, 2.05) is 24.3 Å². The van der Waals surface area contributed by atoms with Crippen molar-refractivity contribution in [2.45, 2.75) is 19.4 Å². The molecule has 1 fully saturated rings. The van der Waals surface area contributed by atoms with Crippen LogP contribution in [0.5, 0.6) is 0 Å². The molecule has 0 aliphatic heterocycles. The van der Waals surface area contributed by atoms with Crippen molar-refractivity contribution in [3.63, 3.8) is 0 Å². The number of hydrogen-bond acceptors (Lipinski definition) is 4. The molecule has 1 amide bonds. The summed E-state index contributed by atoms with van der Waals surface area (Å²) in [5.74, 6) is 0.722. The summed E-state index contributed by atoms with van der Waals surface area (Å²) in [7, 11) is 0. The lowest BCUT2D eigenvalue weighted by atomic mass is 10.1. The first-order valence-electron chi connectivity index (χ1n) is 6.24. The van der Waals surface area contributed by atoms with Gasteiger partial charge in [-0.05, 0) is 25.0 Å². The molecule has 0 radical (unpaired) electrons. The van der Waals surface area contributed by atoms with Crippen molar-refractivity contribution in [3.05, 3.63) is 36.1 Å². The zero-order valence-corrected chi connectivity index (χ0v) is 10.3. The molecule has 2 N–H and O–H groups in total. The molecule has 1 aromatic carbocycles. The number of aliphatic hydroxyl groups is 1. The van der Waals surface area contributed by atoms with Crippen molar-refractivity contribution < 1.29 is 14.4 Å². The van der Waals surface area contributed by atoms with Gasteiger partial charge in [-0.15, -0.1) is 0 Å². The number of aromatic nitrogens is 1. The summed E-state index contributed by atoms with van der Waals surface area (Å²) >= 11 is 0. The molecule has 0 spiro atoms. The van der Waals surface area contributed by atoms with E-state index in [2.05, 4.69) is 10.5 Å². The minimum atomic E-state index is -0.164. The third-order valence-corrected chi connectivity index (χ3v) is 3.11. The fourth-order valence-electron chi connectivity index (χ4n) is 1.84. The number of nitrogens with zero attached hydrogens (tertiary/aromatic N) is 1. The Hall–Kier alpha value is -2.14. The average Bonchev–Trinajstić information content (AvgIpc) is 3.18. The molecule has 5 nitrogen and oxygen atoms in total. The first kappa shape index (κ1) is 11.9. The van der Waals surface area contributed by atoms with Gasteiger partial charge in [0.1, 0.15) is 12.3 Å². The van der Waals surface area contributed by atoms with Gasteiger partial charge in [-0.1, -0.05) is 17.3 Å². The number of nitrogens with one attached hydrogen (secondary N) is 1. The minimum absolute atomic E-state index is 0.0942. The van der Waals surface area contributed by atoms with Crippen molar-refractivity contribution in [3.8, 4) is 11.3 Å². The van der Waals surface area contributed by atoms with Gasteiger partial charge in [0.2, 0.25) is 5.91 Å². The monoisotopic (exact) mass is 258 g/mol. The van der Waals surface area contributed by atoms with Crippen LogP contribution in [-0.2, 0) is 11.4 Å². The molecule has 0 bridgehead atoms. The van der Waals surface area contributed by atoms with Gasteiger partial charge in [-0.3, -0.25) is 4.79 Å². The van der Waals surface area contributed by atoms with E-state index in [1.165, 1.54) is 0 Å². The molecule has 0 saturated heterocycles. The smallest absolute Gasteiger partial charge is 0.227 e. The van der Waals surface area contributed by atoms with Gasteiger partial charge in [0.25, 0.3) is 0 Å². The van der Waals surface area contributed by atoms with Crippen molar-refractivity contribution in [2.24, 2.45) is 5.92 Å². The van der Waals surface area contributed by atoms with Crippen molar-refractivity contribution in [2.75, 3.05) is 5.32 Å². The van der Waals surface area contributed by atoms with Crippen LogP contribution in [0.1, 0.15) is 18.6 Å². The quantitative estimate of drug-likeness (QED) is 0.881. The van der Waals surface area contributed by atoms with Gasteiger partial charge in [-0.25, -0.2) is 0 Å². The van der Waals surface area contributed by atoms with Gasteiger partial charge in [0.15, 0.2) is 5.76 Å². The summed E-state index contributed by atoms with van der Waals surface area (Å²) in [6.07, 6.45) is 1.99. The number of amides is 1. The molecule has 1 aromatic heterocycles. The van der Waals surface area contributed by atoms with Gasteiger partial charge < -0.3 is 14.9 Å². The first-order chi connectivity index (χ1) is 9.26. The third-order valence-electron chi connectivity index (χ3n) is 3.11. The Kier molecular flexibility index (Phi) is 3.05. The number of carbonyl (C=O) groups excluding carboxylic acids is 1. The van der Waals surface area contributed by atoms with Gasteiger partial charge in [-0.2, -0.15) is 0 Å². The molecular weight excluding hydrogens is 244 g/mol. The minimum Gasteiger partial charge on any atom is -0.388 e. The summed E-state index contributed by atoms with van der Waals surface area (Å²) in [6.45, 7) is -0.164. The topological polar surface area (TPSA) is 75.4 Å². The average molecular weight is 258 g/mol. The number of aliphatic hydroxyl groups excluding tert-OH is 1. The predicted octanol–water partition coefficient (Wildman–Crippen LogP) is 2.18. The summed E-state index contributed by atoms with van der Waals surface area (Å²) in [4.78, 5) is 11.6. The highest BCUT2D eigenvalue weighted by atomic mass is 16.5. The molecule has 98 valence electrons. The highest BCUT2D eigenvalue weighted by molar-refractivity contribution is 5.94. The number of benzene rings is 1. The molecule has 0 unspecified atom stereocenters. The highest BCUT2D eigenvalue weighted by Crippen LogP contribution is 2.30. The Morgan fingerprint density at radius 2 is 2.11 bits per heavy atom. The van der Waals surface area contributed by atoms with Crippen LogP contribution in [0.3, 0.4) is 0 Å². The molecule has 1 aliphatic rings. The van der Waals surface area contributed by atoms with Crippen LogP contribution < -0.4 is 5.32 Å². The van der Waals surface area contributed by atoms with Crippen LogP contribution in [0, 0.1) is 5.92 Å². The maximum absolute atomic E-state index is 11.6. The largest absolute Gasteiger partial charge is 0.388 e. The van der Waals surface area contributed by atoms with Crippen LogP contribution in [-0.4, -0.2) is 16.2 Å². The lowest BCUT2D eigenvalue weighted by Crippen LogP contribution is -2.12. The summed E-state index contributed by atoms with van der Waals surface area (Å²) < 4.78 is 4.93. The second-order valence-corrected chi connectivity index (χ2v) is 4.68. The molecule has 1 aliphatic carbocycles.